The SMILES string of the molecule is CCN(c1ccc(C)cc1)c1ncnc(Cl)c1OC. The van der Waals surface area contributed by atoms with E-state index in [1.54, 1.807) is 7.11 Å². The van der Waals surface area contributed by atoms with E-state index in [9.17, 15) is 0 Å². The number of methoxy groups -OCH3 is 1. The summed E-state index contributed by atoms with van der Waals surface area (Å²) in [4.78, 5) is 10.3. The molecule has 4 nitrogen and oxygen atoms in total. The van der Waals surface area contributed by atoms with Gasteiger partial charge in [-0.1, -0.05) is 29.3 Å². The monoisotopic (exact) mass is 277 g/mol. The zero-order valence-corrected chi connectivity index (χ0v) is 12.0. The lowest BCUT2D eigenvalue weighted by molar-refractivity contribution is 0.411. The summed E-state index contributed by atoms with van der Waals surface area (Å²) in [6, 6.07) is 8.23. The molecule has 0 N–H and O–H groups in total. The van der Waals surface area contributed by atoms with Crippen molar-refractivity contribution >= 4 is 23.1 Å². The van der Waals surface area contributed by atoms with Crippen molar-refractivity contribution < 1.29 is 4.74 Å². The molecule has 0 bridgehead atoms. The van der Waals surface area contributed by atoms with Crippen LogP contribution in [0.4, 0.5) is 11.5 Å². The van der Waals surface area contributed by atoms with E-state index >= 15 is 0 Å². The Morgan fingerprint density at radius 2 is 1.89 bits per heavy atom. The number of hydrogen-bond acceptors (Lipinski definition) is 4. The third-order valence-electron chi connectivity index (χ3n) is 2.86. The Labute approximate surface area is 118 Å². The smallest absolute Gasteiger partial charge is 0.199 e. The van der Waals surface area contributed by atoms with E-state index in [2.05, 4.69) is 35.9 Å². The van der Waals surface area contributed by atoms with Crippen LogP contribution in [0.25, 0.3) is 0 Å². The molecular formula is C14H16ClN3O. The molecule has 1 aromatic heterocycles. The number of halogens is 1. The van der Waals surface area contributed by atoms with Crippen LogP contribution in [0.2, 0.25) is 5.15 Å². The molecule has 2 rings (SSSR count). The van der Waals surface area contributed by atoms with Crippen LogP contribution in [-0.4, -0.2) is 23.6 Å². The molecule has 5 heteroatoms. The summed E-state index contributed by atoms with van der Waals surface area (Å²) in [5.74, 6) is 1.17. The molecule has 1 aromatic carbocycles. The van der Waals surface area contributed by atoms with Crippen molar-refractivity contribution in [2.75, 3.05) is 18.6 Å². The summed E-state index contributed by atoms with van der Waals surface area (Å²) in [5, 5.41) is 0.318. The minimum atomic E-state index is 0.318. The molecule has 0 spiro atoms. The first-order valence-electron chi connectivity index (χ1n) is 6.06. The van der Waals surface area contributed by atoms with Gasteiger partial charge in [0.15, 0.2) is 16.7 Å². The number of ether oxygens (including phenoxy) is 1. The predicted octanol–water partition coefficient (Wildman–Crippen LogP) is 3.61. The summed E-state index contributed by atoms with van der Waals surface area (Å²) in [6.07, 6.45) is 1.44. The van der Waals surface area contributed by atoms with E-state index in [0.29, 0.717) is 16.7 Å². The second-order valence-electron chi connectivity index (χ2n) is 4.10. The van der Waals surface area contributed by atoms with Crippen molar-refractivity contribution in [3.05, 3.63) is 41.3 Å². The van der Waals surface area contributed by atoms with Gasteiger partial charge in [-0.2, -0.15) is 0 Å². The van der Waals surface area contributed by atoms with Gasteiger partial charge in [0.2, 0.25) is 0 Å². The molecule has 0 fully saturated rings. The highest BCUT2D eigenvalue weighted by Crippen LogP contribution is 2.35. The molecule has 2 aromatic rings. The standard InChI is InChI=1S/C14H16ClN3O/c1-4-18(11-7-5-10(2)6-8-11)14-12(19-3)13(15)16-9-17-14/h5-9H,4H2,1-3H3. The number of rotatable bonds is 4. The van der Waals surface area contributed by atoms with Crippen LogP contribution in [0.1, 0.15) is 12.5 Å². The van der Waals surface area contributed by atoms with Crippen molar-refractivity contribution in [2.45, 2.75) is 13.8 Å². The first-order chi connectivity index (χ1) is 9.17. The average molecular weight is 278 g/mol. The second kappa shape index (κ2) is 5.89. The first kappa shape index (κ1) is 13.6. The van der Waals surface area contributed by atoms with Crippen LogP contribution in [0.15, 0.2) is 30.6 Å². The Balaban J connectivity index is 2.48. The maximum absolute atomic E-state index is 6.04. The van der Waals surface area contributed by atoms with Gasteiger partial charge in [-0.3, -0.25) is 0 Å². The van der Waals surface area contributed by atoms with Gasteiger partial charge in [0.25, 0.3) is 0 Å². The molecule has 0 atom stereocenters. The third kappa shape index (κ3) is 2.79. The maximum atomic E-state index is 6.04. The number of anilines is 2. The van der Waals surface area contributed by atoms with Crippen LogP contribution in [0.5, 0.6) is 5.75 Å². The van der Waals surface area contributed by atoms with Crippen molar-refractivity contribution in [3.63, 3.8) is 0 Å². The summed E-state index contributed by atoms with van der Waals surface area (Å²) < 4.78 is 5.31. The van der Waals surface area contributed by atoms with Gasteiger partial charge in [-0.05, 0) is 26.0 Å². The van der Waals surface area contributed by atoms with Crippen LogP contribution in [0.3, 0.4) is 0 Å². The lowest BCUT2D eigenvalue weighted by Gasteiger charge is -2.24. The Hall–Kier alpha value is -1.81. The van der Waals surface area contributed by atoms with Crippen LogP contribution in [0, 0.1) is 6.92 Å². The van der Waals surface area contributed by atoms with Crippen LogP contribution in [-0.2, 0) is 0 Å². The highest BCUT2D eigenvalue weighted by atomic mass is 35.5. The lowest BCUT2D eigenvalue weighted by atomic mass is 10.2. The van der Waals surface area contributed by atoms with Gasteiger partial charge in [0.05, 0.1) is 7.11 Å². The van der Waals surface area contributed by atoms with Crippen LogP contribution < -0.4 is 9.64 Å². The number of benzene rings is 1. The average Bonchev–Trinajstić information content (AvgIpc) is 2.42. The van der Waals surface area contributed by atoms with Gasteiger partial charge in [-0.25, -0.2) is 9.97 Å². The fraction of sp³-hybridized carbons (Fsp3) is 0.286. The largest absolute Gasteiger partial charge is 0.490 e. The van der Waals surface area contributed by atoms with E-state index in [0.717, 1.165) is 12.2 Å². The molecule has 19 heavy (non-hydrogen) atoms. The first-order valence-corrected chi connectivity index (χ1v) is 6.43. The van der Waals surface area contributed by atoms with Crippen molar-refractivity contribution in [1.82, 2.24) is 9.97 Å². The number of aryl methyl sites for hydroxylation is 1. The normalized spacial score (nSPS) is 10.3. The van der Waals surface area contributed by atoms with Crippen molar-refractivity contribution in [2.24, 2.45) is 0 Å². The van der Waals surface area contributed by atoms with Crippen LogP contribution >= 0.6 is 11.6 Å². The number of aromatic nitrogens is 2. The fourth-order valence-corrected chi connectivity index (χ4v) is 2.10. The van der Waals surface area contributed by atoms with Crippen molar-refractivity contribution in [3.8, 4) is 5.75 Å². The highest BCUT2D eigenvalue weighted by Gasteiger charge is 2.17. The third-order valence-corrected chi connectivity index (χ3v) is 3.13. The Bertz CT molecular complexity index is 557. The maximum Gasteiger partial charge on any atom is 0.199 e. The highest BCUT2D eigenvalue weighted by molar-refractivity contribution is 6.31. The topological polar surface area (TPSA) is 38.2 Å². The molecular weight excluding hydrogens is 262 g/mol. The molecule has 0 aliphatic rings. The fourth-order valence-electron chi connectivity index (χ4n) is 1.89. The van der Waals surface area contributed by atoms with Gasteiger partial charge >= 0.3 is 0 Å². The van der Waals surface area contributed by atoms with E-state index in [1.807, 2.05) is 17.0 Å². The van der Waals surface area contributed by atoms with E-state index < -0.39 is 0 Å². The van der Waals surface area contributed by atoms with E-state index in [-0.39, 0.29) is 0 Å². The Morgan fingerprint density at radius 1 is 1.21 bits per heavy atom. The second-order valence-corrected chi connectivity index (χ2v) is 4.46. The summed E-state index contributed by atoms with van der Waals surface area (Å²) in [7, 11) is 1.57. The molecule has 0 amide bonds. The summed E-state index contributed by atoms with van der Waals surface area (Å²) in [6.45, 7) is 4.87. The van der Waals surface area contributed by atoms with E-state index in [1.165, 1.54) is 11.9 Å². The van der Waals surface area contributed by atoms with E-state index in [4.69, 9.17) is 16.3 Å². The molecule has 0 aliphatic heterocycles. The minimum absolute atomic E-state index is 0.318. The Kier molecular flexibility index (Phi) is 4.22. The molecule has 100 valence electrons. The molecule has 0 aliphatic carbocycles. The molecule has 0 unspecified atom stereocenters. The van der Waals surface area contributed by atoms with Gasteiger partial charge in [-0.15, -0.1) is 0 Å². The molecule has 0 radical (unpaired) electrons. The van der Waals surface area contributed by atoms with Gasteiger partial charge in [0, 0.05) is 12.2 Å². The number of nitrogens with zero attached hydrogens (tertiary/aromatic N) is 3. The summed E-state index contributed by atoms with van der Waals surface area (Å²) >= 11 is 6.04. The van der Waals surface area contributed by atoms with Gasteiger partial charge < -0.3 is 9.64 Å². The zero-order valence-electron chi connectivity index (χ0n) is 11.2. The molecule has 0 saturated heterocycles. The Morgan fingerprint density at radius 3 is 2.47 bits per heavy atom. The van der Waals surface area contributed by atoms with Gasteiger partial charge in [0.1, 0.15) is 6.33 Å². The molecule has 0 saturated carbocycles. The zero-order chi connectivity index (χ0) is 13.8. The quantitative estimate of drug-likeness (QED) is 0.800. The molecule has 1 heterocycles. The minimum Gasteiger partial charge on any atom is -0.490 e. The predicted molar refractivity (Wildman–Crippen MR) is 77.5 cm³/mol. The number of hydrogen-bond donors (Lipinski definition) is 0. The summed E-state index contributed by atoms with van der Waals surface area (Å²) in [5.41, 5.74) is 2.26. The van der Waals surface area contributed by atoms with Crippen molar-refractivity contribution in [1.29, 1.82) is 0 Å². The lowest BCUT2D eigenvalue weighted by Crippen LogP contribution is -2.18.